The quantitative estimate of drug-likeness (QED) is 0.413. The Morgan fingerprint density at radius 1 is 1.07 bits per heavy atom. The molecule has 28 heavy (non-hydrogen) atoms. The molecular formula is C20H18ClF2N3O2. The molecule has 0 bridgehead atoms. The van der Waals surface area contributed by atoms with Gasteiger partial charge in [-0.15, -0.1) is 5.01 Å². The van der Waals surface area contributed by atoms with Crippen LogP contribution in [0.25, 0.3) is 0 Å². The Hall–Kier alpha value is -2.98. The molecular weight excluding hydrogens is 388 g/mol. The molecule has 8 heteroatoms. The predicted octanol–water partition coefficient (Wildman–Crippen LogP) is 4.71. The van der Waals surface area contributed by atoms with Gasteiger partial charge in [0.25, 0.3) is 11.8 Å². The molecule has 0 heterocycles. The molecule has 0 atom stereocenters. The third-order valence-electron chi connectivity index (χ3n) is 3.92. The molecule has 0 N–H and O–H groups in total. The summed E-state index contributed by atoms with van der Waals surface area (Å²) < 4.78 is 27.2. The van der Waals surface area contributed by atoms with E-state index in [1.54, 1.807) is 46.0 Å². The van der Waals surface area contributed by atoms with Gasteiger partial charge < -0.3 is 0 Å². The average molecular weight is 406 g/mol. The van der Waals surface area contributed by atoms with E-state index in [0.717, 1.165) is 17.1 Å². The Morgan fingerprint density at radius 3 is 2.14 bits per heavy atom. The second-order valence-corrected chi connectivity index (χ2v) is 7.48. The maximum absolute atomic E-state index is 13.6. The van der Waals surface area contributed by atoms with E-state index in [2.05, 4.69) is 0 Å². The van der Waals surface area contributed by atoms with Crippen molar-refractivity contribution in [2.45, 2.75) is 33.2 Å². The van der Waals surface area contributed by atoms with Gasteiger partial charge in [0.15, 0.2) is 0 Å². The van der Waals surface area contributed by atoms with Crippen LogP contribution in [0.4, 0.5) is 8.78 Å². The topological polar surface area (TPSA) is 64.4 Å². The van der Waals surface area contributed by atoms with Crippen LogP contribution in [-0.2, 0) is 0 Å². The molecule has 0 unspecified atom stereocenters. The fourth-order valence-corrected chi connectivity index (χ4v) is 2.80. The van der Waals surface area contributed by atoms with E-state index < -0.39 is 29.0 Å². The van der Waals surface area contributed by atoms with Gasteiger partial charge >= 0.3 is 0 Å². The minimum absolute atomic E-state index is 0.126. The lowest BCUT2D eigenvalue weighted by Crippen LogP contribution is -2.56. The first kappa shape index (κ1) is 21.3. The van der Waals surface area contributed by atoms with Crippen LogP contribution in [0.5, 0.6) is 0 Å². The predicted molar refractivity (Wildman–Crippen MR) is 100 cm³/mol. The molecule has 0 saturated heterocycles. The van der Waals surface area contributed by atoms with Crippen molar-refractivity contribution >= 4 is 23.4 Å². The number of carbonyl (C=O) groups excluding carboxylic acids is 2. The van der Waals surface area contributed by atoms with Crippen molar-refractivity contribution in [1.82, 2.24) is 10.0 Å². The number of carbonyl (C=O) groups is 2. The lowest BCUT2D eigenvalue weighted by molar-refractivity contribution is -0.0168. The second-order valence-electron chi connectivity index (χ2n) is 7.08. The second kappa shape index (κ2) is 7.95. The number of hydrogen-bond donors (Lipinski definition) is 0. The minimum atomic E-state index is -1.06. The third-order valence-corrected chi connectivity index (χ3v) is 4.33. The Labute approximate surface area is 166 Å². The molecule has 0 spiro atoms. The van der Waals surface area contributed by atoms with Gasteiger partial charge in [-0.3, -0.25) is 9.59 Å². The molecule has 0 aliphatic heterocycles. The molecule has 0 fully saturated rings. The van der Waals surface area contributed by atoms with Gasteiger partial charge in [0.2, 0.25) is 6.19 Å². The van der Waals surface area contributed by atoms with Crippen molar-refractivity contribution in [3.63, 3.8) is 0 Å². The fourth-order valence-electron chi connectivity index (χ4n) is 2.63. The van der Waals surface area contributed by atoms with E-state index >= 15 is 0 Å². The van der Waals surface area contributed by atoms with E-state index in [4.69, 9.17) is 11.6 Å². The largest absolute Gasteiger partial charge is 0.286 e. The van der Waals surface area contributed by atoms with Crippen LogP contribution in [0.3, 0.4) is 0 Å². The summed E-state index contributed by atoms with van der Waals surface area (Å²) in [6, 6.07) is 6.92. The Kier molecular flexibility index (Phi) is 6.05. The number of nitrogens with zero attached hydrogens (tertiary/aromatic N) is 3. The van der Waals surface area contributed by atoms with Crippen molar-refractivity contribution in [3.8, 4) is 6.19 Å². The van der Waals surface area contributed by atoms with Gasteiger partial charge in [0, 0.05) is 22.2 Å². The first-order valence-corrected chi connectivity index (χ1v) is 8.65. The van der Waals surface area contributed by atoms with Crippen molar-refractivity contribution < 1.29 is 18.4 Å². The van der Waals surface area contributed by atoms with Crippen molar-refractivity contribution in [2.75, 3.05) is 0 Å². The van der Waals surface area contributed by atoms with Crippen LogP contribution in [0.2, 0.25) is 5.02 Å². The Balaban J connectivity index is 2.57. The maximum atomic E-state index is 13.6. The van der Waals surface area contributed by atoms with Crippen LogP contribution < -0.4 is 0 Å². The lowest BCUT2D eigenvalue weighted by Gasteiger charge is -2.39. The highest BCUT2D eigenvalue weighted by molar-refractivity contribution is 6.31. The summed E-state index contributed by atoms with van der Waals surface area (Å²) in [4.78, 5) is 26.0. The summed E-state index contributed by atoms with van der Waals surface area (Å²) in [5, 5.41) is 11.4. The maximum Gasteiger partial charge on any atom is 0.286 e. The third kappa shape index (κ3) is 4.29. The zero-order chi connectivity index (χ0) is 21.2. The summed E-state index contributed by atoms with van der Waals surface area (Å²) in [7, 11) is 0. The fraction of sp³-hybridized carbons (Fsp3) is 0.250. The van der Waals surface area contributed by atoms with Gasteiger partial charge in [-0.1, -0.05) is 17.7 Å². The van der Waals surface area contributed by atoms with E-state index in [0.29, 0.717) is 21.7 Å². The van der Waals surface area contributed by atoms with Crippen LogP contribution in [-0.4, -0.2) is 27.4 Å². The Bertz CT molecular complexity index is 960. The highest BCUT2D eigenvalue weighted by Gasteiger charge is 2.37. The smallest absolute Gasteiger partial charge is 0.267 e. The Morgan fingerprint density at radius 2 is 1.64 bits per heavy atom. The first-order valence-electron chi connectivity index (χ1n) is 8.27. The average Bonchev–Trinajstić information content (AvgIpc) is 2.59. The van der Waals surface area contributed by atoms with Crippen LogP contribution in [0.1, 0.15) is 47.1 Å². The molecule has 2 aromatic rings. The van der Waals surface area contributed by atoms with Gasteiger partial charge in [0.05, 0.1) is 5.54 Å². The van der Waals surface area contributed by atoms with Crippen LogP contribution >= 0.6 is 11.6 Å². The van der Waals surface area contributed by atoms with Gasteiger partial charge in [-0.05, 0) is 57.5 Å². The summed E-state index contributed by atoms with van der Waals surface area (Å²) >= 11 is 6.05. The standard InChI is InChI=1S/C20H18ClF2N3O2/c1-12-16(6-5-7-17(12)21)19(28)25(11-24)26(20(2,3)4)18(27)13-8-14(22)10-15(23)9-13/h5-10H,1-4H3. The number of hydrogen-bond acceptors (Lipinski definition) is 3. The monoisotopic (exact) mass is 405 g/mol. The SMILES string of the molecule is Cc1c(Cl)cccc1C(=O)N(C#N)N(C(=O)c1cc(F)cc(F)c1)C(C)(C)C. The van der Waals surface area contributed by atoms with Gasteiger partial charge in [-0.2, -0.15) is 5.26 Å². The molecule has 0 aromatic heterocycles. The number of rotatable bonds is 2. The molecule has 0 aliphatic carbocycles. The van der Waals surface area contributed by atoms with E-state index in [1.165, 1.54) is 6.07 Å². The molecule has 2 rings (SSSR count). The zero-order valence-corrected chi connectivity index (χ0v) is 16.5. The van der Waals surface area contributed by atoms with Crippen molar-refractivity contribution in [1.29, 1.82) is 5.26 Å². The van der Waals surface area contributed by atoms with Crippen LogP contribution in [0.15, 0.2) is 36.4 Å². The molecule has 2 amide bonds. The number of amides is 2. The summed E-state index contributed by atoms with van der Waals surface area (Å²) in [5.74, 6) is -3.58. The lowest BCUT2D eigenvalue weighted by atomic mass is 10.0. The van der Waals surface area contributed by atoms with E-state index in [1.807, 2.05) is 0 Å². The molecule has 0 aliphatic rings. The summed E-state index contributed by atoms with van der Waals surface area (Å²) in [6.45, 7) is 6.37. The molecule has 5 nitrogen and oxygen atoms in total. The highest BCUT2D eigenvalue weighted by atomic mass is 35.5. The summed E-state index contributed by atoms with van der Waals surface area (Å²) in [6.07, 6.45) is 1.69. The number of nitriles is 1. The number of halogens is 3. The van der Waals surface area contributed by atoms with Gasteiger partial charge in [0.1, 0.15) is 11.6 Å². The van der Waals surface area contributed by atoms with Gasteiger partial charge in [-0.25, -0.2) is 13.8 Å². The molecule has 146 valence electrons. The number of hydrazine groups is 1. The minimum Gasteiger partial charge on any atom is -0.267 e. The van der Waals surface area contributed by atoms with E-state index in [9.17, 15) is 23.6 Å². The molecule has 0 radical (unpaired) electrons. The highest BCUT2D eigenvalue weighted by Crippen LogP contribution is 2.25. The molecule has 2 aromatic carbocycles. The first-order chi connectivity index (χ1) is 13.0. The van der Waals surface area contributed by atoms with Crippen molar-refractivity contribution in [2.24, 2.45) is 0 Å². The van der Waals surface area contributed by atoms with Crippen molar-refractivity contribution in [3.05, 3.63) is 69.7 Å². The number of benzene rings is 2. The normalized spacial score (nSPS) is 10.9. The van der Waals surface area contributed by atoms with Crippen LogP contribution in [0, 0.1) is 30.0 Å². The molecule has 0 saturated carbocycles. The summed E-state index contributed by atoms with van der Waals surface area (Å²) in [5.41, 5.74) is -0.824. The zero-order valence-electron chi connectivity index (χ0n) is 15.8. The van der Waals surface area contributed by atoms with E-state index in [-0.39, 0.29) is 11.1 Å².